The quantitative estimate of drug-likeness (QED) is 0.660. The van der Waals surface area contributed by atoms with E-state index < -0.39 is 4.92 Å². The highest BCUT2D eigenvalue weighted by molar-refractivity contribution is 7.13. The van der Waals surface area contributed by atoms with Crippen molar-refractivity contribution in [2.24, 2.45) is 11.7 Å². The molecule has 2 N–H and O–H groups in total. The lowest BCUT2D eigenvalue weighted by atomic mass is 10.1. The molecule has 1 unspecified atom stereocenters. The lowest BCUT2D eigenvalue weighted by molar-refractivity contribution is -0.384. The average Bonchev–Trinajstić information content (AvgIpc) is 3.23. The van der Waals surface area contributed by atoms with Crippen LogP contribution in [-0.2, 0) is 0 Å². The van der Waals surface area contributed by atoms with Gasteiger partial charge >= 0.3 is 0 Å². The fourth-order valence-corrected chi connectivity index (χ4v) is 3.42. The number of halogens is 1. The molecule has 0 radical (unpaired) electrons. The van der Waals surface area contributed by atoms with Crippen molar-refractivity contribution in [1.29, 1.82) is 0 Å². The summed E-state index contributed by atoms with van der Waals surface area (Å²) in [7, 11) is 0. The zero-order valence-corrected chi connectivity index (χ0v) is 14.4. The van der Waals surface area contributed by atoms with Crippen molar-refractivity contribution in [2.75, 3.05) is 19.6 Å². The van der Waals surface area contributed by atoms with E-state index in [-0.39, 0.29) is 24.0 Å². The normalized spacial score (nSPS) is 16.7. The van der Waals surface area contributed by atoms with Gasteiger partial charge in [0.05, 0.1) is 4.92 Å². The summed E-state index contributed by atoms with van der Waals surface area (Å²) >= 11 is 1.31. The average molecular weight is 369 g/mol. The Kier molecular flexibility index (Phi) is 5.87. The minimum Gasteiger partial charge on any atom is -0.337 e. The number of nitro benzene ring substituents is 1. The summed E-state index contributed by atoms with van der Waals surface area (Å²) in [4.78, 5) is 29.0. The van der Waals surface area contributed by atoms with Gasteiger partial charge in [-0.3, -0.25) is 14.9 Å². The molecule has 0 saturated carbocycles. The largest absolute Gasteiger partial charge is 0.337 e. The molecule has 3 rings (SSSR count). The van der Waals surface area contributed by atoms with Crippen LogP contribution < -0.4 is 5.73 Å². The van der Waals surface area contributed by atoms with Crippen molar-refractivity contribution in [3.05, 3.63) is 45.5 Å². The fraction of sp³-hybridized carbons (Fsp3) is 0.333. The maximum Gasteiger partial charge on any atom is 0.273 e. The van der Waals surface area contributed by atoms with Crippen molar-refractivity contribution < 1.29 is 9.72 Å². The van der Waals surface area contributed by atoms with Crippen LogP contribution in [0, 0.1) is 16.0 Å². The highest BCUT2D eigenvalue weighted by atomic mass is 35.5. The molecule has 9 heteroatoms. The lowest BCUT2D eigenvalue weighted by Crippen LogP contribution is -2.30. The monoisotopic (exact) mass is 368 g/mol. The molecule has 2 aromatic rings. The zero-order valence-electron chi connectivity index (χ0n) is 12.8. The number of amides is 1. The molecule has 0 spiro atoms. The number of likely N-dealkylation sites (tertiary alicyclic amines) is 1. The molecule has 1 aromatic heterocycles. The van der Waals surface area contributed by atoms with E-state index >= 15 is 0 Å². The van der Waals surface area contributed by atoms with Gasteiger partial charge < -0.3 is 10.6 Å². The summed E-state index contributed by atoms with van der Waals surface area (Å²) in [5.41, 5.74) is 6.68. The second-order valence-electron chi connectivity index (χ2n) is 5.49. The van der Waals surface area contributed by atoms with E-state index in [0.29, 0.717) is 41.8 Å². The van der Waals surface area contributed by atoms with Gasteiger partial charge in [-0.2, -0.15) is 0 Å². The van der Waals surface area contributed by atoms with E-state index in [1.807, 2.05) is 0 Å². The molecular formula is C15H17ClN4O3S. The standard InChI is InChI=1S/C15H16N4O3S.ClH/c16-7-10-4-5-18(8-10)15(20)13-9-23-14(17-13)11-2-1-3-12(6-11)19(21)22;/h1-3,6,9-10H,4-5,7-8,16H2;1H. The van der Waals surface area contributed by atoms with Crippen LogP contribution in [0.3, 0.4) is 0 Å². The van der Waals surface area contributed by atoms with Crippen molar-refractivity contribution in [3.8, 4) is 10.6 Å². The van der Waals surface area contributed by atoms with Gasteiger partial charge in [-0.05, 0) is 18.9 Å². The maximum atomic E-state index is 12.4. The summed E-state index contributed by atoms with van der Waals surface area (Å²) in [6.45, 7) is 1.95. The Morgan fingerprint density at radius 1 is 1.50 bits per heavy atom. The number of hydrogen-bond donors (Lipinski definition) is 1. The minimum atomic E-state index is -0.444. The second kappa shape index (κ2) is 7.69. The first kappa shape index (κ1) is 18.3. The van der Waals surface area contributed by atoms with Crippen molar-refractivity contribution >= 4 is 35.3 Å². The molecule has 7 nitrogen and oxygen atoms in total. The van der Waals surface area contributed by atoms with Crippen LogP contribution in [0.5, 0.6) is 0 Å². The second-order valence-corrected chi connectivity index (χ2v) is 6.35. The number of carbonyl (C=O) groups is 1. The Balaban J connectivity index is 0.00000208. The van der Waals surface area contributed by atoms with Crippen LogP contribution in [0.15, 0.2) is 29.6 Å². The number of aromatic nitrogens is 1. The number of hydrogen-bond acceptors (Lipinski definition) is 6. The van der Waals surface area contributed by atoms with Gasteiger partial charge in [0.15, 0.2) is 0 Å². The molecule has 1 aromatic carbocycles. The fourth-order valence-electron chi connectivity index (χ4n) is 2.63. The molecule has 1 aliphatic heterocycles. The van der Waals surface area contributed by atoms with E-state index in [4.69, 9.17) is 5.73 Å². The molecule has 1 saturated heterocycles. The van der Waals surface area contributed by atoms with Gasteiger partial charge in [0.2, 0.25) is 0 Å². The number of nitro groups is 1. The predicted octanol–water partition coefficient (Wildman–Crippen LogP) is 2.56. The van der Waals surface area contributed by atoms with Crippen LogP contribution in [0.2, 0.25) is 0 Å². The first-order valence-electron chi connectivity index (χ1n) is 7.28. The summed E-state index contributed by atoms with van der Waals surface area (Å²) in [5, 5.41) is 13.2. The number of nitrogens with two attached hydrogens (primary N) is 1. The summed E-state index contributed by atoms with van der Waals surface area (Å²) in [6.07, 6.45) is 0.921. The smallest absolute Gasteiger partial charge is 0.273 e. The molecule has 0 aliphatic carbocycles. The summed E-state index contributed by atoms with van der Waals surface area (Å²) in [6, 6.07) is 6.26. The van der Waals surface area contributed by atoms with Gasteiger partial charge in [-0.15, -0.1) is 23.7 Å². The molecule has 1 fully saturated rings. The molecular weight excluding hydrogens is 352 g/mol. The number of benzene rings is 1. The predicted molar refractivity (Wildman–Crippen MR) is 94.5 cm³/mol. The third-order valence-electron chi connectivity index (χ3n) is 3.93. The first-order valence-corrected chi connectivity index (χ1v) is 8.16. The third kappa shape index (κ3) is 3.72. The Labute approximate surface area is 149 Å². The van der Waals surface area contributed by atoms with E-state index in [1.54, 1.807) is 22.4 Å². The summed E-state index contributed by atoms with van der Waals surface area (Å²) in [5.74, 6) is 0.253. The van der Waals surface area contributed by atoms with E-state index in [0.717, 1.165) is 6.42 Å². The molecule has 0 bridgehead atoms. The topological polar surface area (TPSA) is 102 Å². The highest BCUT2D eigenvalue weighted by Gasteiger charge is 2.27. The third-order valence-corrected chi connectivity index (χ3v) is 4.82. The van der Waals surface area contributed by atoms with Crippen LogP contribution >= 0.6 is 23.7 Å². The zero-order chi connectivity index (χ0) is 16.4. The lowest BCUT2D eigenvalue weighted by Gasteiger charge is -2.14. The number of non-ortho nitro benzene ring substituents is 1. The Hall–Kier alpha value is -2.03. The maximum absolute atomic E-state index is 12.4. The van der Waals surface area contributed by atoms with Crippen LogP contribution in [0.25, 0.3) is 10.6 Å². The van der Waals surface area contributed by atoms with Gasteiger partial charge in [0, 0.05) is 36.2 Å². The van der Waals surface area contributed by atoms with Gasteiger partial charge in [-0.1, -0.05) is 12.1 Å². The molecule has 2 heterocycles. The number of nitrogens with zero attached hydrogens (tertiary/aromatic N) is 3. The highest BCUT2D eigenvalue weighted by Crippen LogP contribution is 2.28. The van der Waals surface area contributed by atoms with Crippen LogP contribution in [0.4, 0.5) is 5.69 Å². The summed E-state index contributed by atoms with van der Waals surface area (Å²) < 4.78 is 0. The van der Waals surface area contributed by atoms with Gasteiger partial charge in [0.1, 0.15) is 10.7 Å². The van der Waals surface area contributed by atoms with Crippen molar-refractivity contribution in [2.45, 2.75) is 6.42 Å². The van der Waals surface area contributed by atoms with E-state index in [9.17, 15) is 14.9 Å². The SMILES string of the molecule is Cl.NCC1CCN(C(=O)c2csc(-c3cccc([N+](=O)[O-])c3)n2)C1. The molecule has 1 aliphatic rings. The van der Waals surface area contributed by atoms with Crippen LogP contribution in [-0.4, -0.2) is 40.3 Å². The van der Waals surface area contributed by atoms with E-state index in [1.165, 1.54) is 23.5 Å². The van der Waals surface area contributed by atoms with Crippen LogP contribution in [0.1, 0.15) is 16.9 Å². The molecule has 1 amide bonds. The molecule has 1 atom stereocenters. The van der Waals surface area contributed by atoms with Crippen molar-refractivity contribution in [3.63, 3.8) is 0 Å². The Bertz CT molecular complexity index is 752. The first-order chi connectivity index (χ1) is 11.1. The Morgan fingerprint density at radius 2 is 2.29 bits per heavy atom. The van der Waals surface area contributed by atoms with Gasteiger partial charge in [0.25, 0.3) is 11.6 Å². The Morgan fingerprint density at radius 3 is 2.96 bits per heavy atom. The minimum absolute atomic E-state index is 0. The number of carbonyl (C=O) groups excluding carboxylic acids is 1. The van der Waals surface area contributed by atoms with Crippen molar-refractivity contribution in [1.82, 2.24) is 9.88 Å². The van der Waals surface area contributed by atoms with E-state index in [2.05, 4.69) is 4.98 Å². The number of rotatable bonds is 4. The molecule has 24 heavy (non-hydrogen) atoms. The molecule has 128 valence electrons. The van der Waals surface area contributed by atoms with Gasteiger partial charge in [-0.25, -0.2) is 4.98 Å². The number of thiazole rings is 1.